The zero-order valence-corrected chi connectivity index (χ0v) is 14.1. The van der Waals surface area contributed by atoms with Crippen LogP contribution < -0.4 is 5.56 Å². The summed E-state index contributed by atoms with van der Waals surface area (Å²) in [6.45, 7) is 2.50. The van der Waals surface area contributed by atoms with Gasteiger partial charge in [0, 0.05) is 37.0 Å². The van der Waals surface area contributed by atoms with Gasteiger partial charge < -0.3 is 0 Å². The molecule has 0 saturated carbocycles. The fourth-order valence-corrected chi connectivity index (χ4v) is 4.64. The van der Waals surface area contributed by atoms with Crippen LogP contribution in [0.4, 0.5) is 0 Å². The van der Waals surface area contributed by atoms with E-state index < -0.39 is 10.7 Å². The van der Waals surface area contributed by atoms with Gasteiger partial charge in [0.2, 0.25) is 4.90 Å². The highest BCUT2D eigenvalue weighted by atomic mass is 32.2. The first kappa shape index (κ1) is 14.8. The minimum atomic E-state index is -0.437. The van der Waals surface area contributed by atoms with Crippen LogP contribution in [0.3, 0.4) is 0 Å². The van der Waals surface area contributed by atoms with Crippen LogP contribution in [0.25, 0.3) is 15.1 Å². The summed E-state index contributed by atoms with van der Waals surface area (Å²) in [5, 5.41) is 4.01. The third kappa shape index (κ3) is 2.55. The van der Waals surface area contributed by atoms with Gasteiger partial charge in [0.15, 0.2) is 10.7 Å². The molecule has 0 spiro atoms. The molecule has 0 radical (unpaired) electrons. The Morgan fingerprint density at radius 2 is 1.92 bits per heavy atom. The van der Waals surface area contributed by atoms with Crippen molar-refractivity contribution < 1.29 is 0 Å². The molecule has 0 bridgehead atoms. The van der Waals surface area contributed by atoms with Gasteiger partial charge in [0.25, 0.3) is 5.56 Å². The van der Waals surface area contributed by atoms with Gasteiger partial charge in [-0.2, -0.15) is 0 Å². The van der Waals surface area contributed by atoms with Gasteiger partial charge in [-0.15, -0.1) is 0 Å². The second kappa shape index (κ2) is 6.05. The van der Waals surface area contributed by atoms with Gasteiger partial charge in [-0.3, -0.25) is 9.78 Å². The maximum atomic E-state index is 12.7. The molecule has 0 amide bonds. The van der Waals surface area contributed by atoms with E-state index in [0.29, 0.717) is 6.54 Å². The van der Waals surface area contributed by atoms with E-state index in [9.17, 15) is 4.79 Å². The second-order valence-electron chi connectivity index (χ2n) is 5.62. The quantitative estimate of drug-likeness (QED) is 0.581. The van der Waals surface area contributed by atoms with Gasteiger partial charge >= 0.3 is 4.83 Å². The van der Waals surface area contributed by atoms with E-state index in [0.717, 1.165) is 32.9 Å². The Hall–Kier alpha value is -2.73. The van der Waals surface area contributed by atoms with E-state index in [1.165, 1.54) is 0 Å². The molecule has 0 aliphatic rings. The molecule has 4 rings (SSSR count). The van der Waals surface area contributed by atoms with Crippen LogP contribution in [0.15, 0.2) is 59.5 Å². The Labute approximate surface area is 141 Å². The Morgan fingerprint density at radius 1 is 1.12 bits per heavy atom. The maximum absolute atomic E-state index is 12.7. The molecule has 3 aromatic heterocycles. The number of rotatable bonds is 4. The van der Waals surface area contributed by atoms with Crippen LogP contribution in [-0.4, -0.2) is 19.1 Å². The number of aryl methyl sites for hydroxylation is 3. The molecule has 0 aliphatic carbocycles. The first-order chi connectivity index (χ1) is 11.7. The number of pyridine rings is 1. The number of fused-ring (bicyclic) bond motifs is 1. The molecule has 3 heterocycles. The minimum Gasteiger partial charge on any atom is -0.267 e. The van der Waals surface area contributed by atoms with E-state index >= 15 is 0 Å². The predicted molar refractivity (Wildman–Crippen MR) is 96.8 cm³/mol. The van der Waals surface area contributed by atoms with Crippen molar-refractivity contribution in [3.8, 4) is 4.90 Å². The molecule has 6 heteroatoms. The average molecular weight is 337 g/mol. The number of aromatic amines is 1. The molecule has 1 N–H and O–H groups in total. The Morgan fingerprint density at radius 3 is 2.67 bits per heavy atom. The summed E-state index contributed by atoms with van der Waals surface area (Å²) in [6.07, 6.45) is 2.49. The van der Waals surface area contributed by atoms with Crippen molar-refractivity contribution in [3.05, 3.63) is 76.5 Å². The SMILES string of the molecule is Cc1n[s+](-c2ccccc2)c2[nH]n(CCc3ccccn3)c(=O)c12. The molecule has 24 heavy (non-hydrogen) atoms. The lowest BCUT2D eigenvalue weighted by Gasteiger charge is -2.00. The summed E-state index contributed by atoms with van der Waals surface area (Å²) in [6, 6.07) is 15.9. The van der Waals surface area contributed by atoms with Gasteiger partial charge in [0.1, 0.15) is 11.1 Å². The van der Waals surface area contributed by atoms with Crippen molar-refractivity contribution >= 4 is 20.9 Å². The number of H-pyrrole nitrogens is 1. The van der Waals surface area contributed by atoms with Crippen LogP contribution in [-0.2, 0) is 13.0 Å². The zero-order valence-electron chi connectivity index (χ0n) is 13.3. The minimum absolute atomic E-state index is 0.00751. The molecule has 0 saturated heterocycles. The highest BCUT2D eigenvalue weighted by molar-refractivity contribution is 7.40. The van der Waals surface area contributed by atoms with E-state index in [1.807, 2.05) is 43.3 Å². The van der Waals surface area contributed by atoms with Crippen LogP contribution in [0, 0.1) is 6.92 Å². The first-order valence-electron chi connectivity index (χ1n) is 7.82. The third-order valence-corrected chi connectivity index (χ3v) is 5.85. The Kier molecular flexibility index (Phi) is 3.74. The molecular formula is C18H17N4OS+. The lowest BCUT2D eigenvalue weighted by molar-refractivity contribution is 0.597. The summed E-state index contributed by atoms with van der Waals surface area (Å²) < 4.78 is 6.38. The van der Waals surface area contributed by atoms with Crippen molar-refractivity contribution in [2.75, 3.05) is 0 Å². The van der Waals surface area contributed by atoms with Gasteiger partial charge in [0.05, 0.1) is 0 Å². The van der Waals surface area contributed by atoms with E-state index in [-0.39, 0.29) is 5.56 Å². The third-order valence-electron chi connectivity index (χ3n) is 3.99. The predicted octanol–water partition coefficient (Wildman–Crippen LogP) is 3.41. The molecule has 0 aliphatic heterocycles. The molecule has 120 valence electrons. The average Bonchev–Trinajstić information content (AvgIpc) is 3.12. The maximum Gasteiger partial charge on any atom is 0.304 e. The van der Waals surface area contributed by atoms with Gasteiger partial charge in [-0.05, 0) is 23.4 Å². The summed E-state index contributed by atoms with van der Waals surface area (Å²) in [4.78, 5) is 19.1. The number of benzene rings is 1. The molecular weight excluding hydrogens is 320 g/mol. The van der Waals surface area contributed by atoms with Crippen LogP contribution in [0.1, 0.15) is 11.4 Å². The standard InChI is InChI=1S/C18H16N4OS/c1-13-16-17(24(21-13)15-8-3-2-4-9-15)20-22(18(16)23)12-10-14-7-5-6-11-19-14/h2-9,11H,10,12H2,1H3/p+1. The molecule has 1 aromatic carbocycles. The smallest absolute Gasteiger partial charge is 0.267 e. The second-order valence-corrected chi connectivity index (χ2v) is 7.25. The highest BCUT2D eigenvalue weighted by Crippen LogP contribution is 2.36. The molecule has 4 aromatic rings. The number of hydrogen-bond acceptors (Lipinski definition) is 3. The van der Waals surface area contributed by atoms with Gasteiger partial charge in [-0.1, -0.05) is 24.3 Å². The summed E-state index contributed by atoms with van der Waals surface area (Å²) >= 11 is 0. The summed E-state index contributed by atoms with van der Waals surface area (Å²) in [5.41, 5.74) is 1.80. The van der Waals surface area contributed by atoms with E-state index in [4.69, 9.17) is 4.37 Å². The fraction of sp³-hybridized carbons (Fsp3) is 0.167. The largest absolute Gasteiger partial charge is 0.304 e. The highest BCUT2D eigenvalue weighted by Gasteiger charge is 2.27. The van der Waals surface area contributed by atoms with Crippen molar-refractivity contribution in [3.63, 3.8) is 0 Å². The number of nitrogens with zero attached hydrogens (tertiary/aromatic N) is 3. The van der Waals surface area contributed by atoms with Crippen molar-refractivity contribution in [1.82, 2.24) is 19.1 Å². The normalized spacial score (nSPS) is 12.0. The molecule has 5 nitrogen and oxygen atoms in total. The van der Waals surface area contributed by atoms with E-state index in [1.54, 1.807) is 10.9 Å². The summed E-state index contributed by atoms with van der Waals surface area (Å²) in [5.74, 6) is 0. The number of aromatic nitrogens is 4. The fourth-order valence-electron chi connectivity index (χ4n) is 2.80. The van der Waals surface area contributed by atoms with Crippen LogP contribution >= 0.6 is 10.7 Å². The topological polar surface area (TPSA) is 63.6 Å². The van der Waals surface area contributed by atoms with Crippen molar-refractivity contribution in [2.45, 2.75) is 19.9 Å². The molecule has 0 fully saturated rings. The molecule has 1 unspecified atom stereocenters. The van der Waals surface area contributed by atoms with Crippen molar-refractivity contribution in [2.24, 2.45) is 0 Å². The monoisotopic (exact) mass is 337 g/mol. The Bertz CT molecular complexity index is 1030. The summed E-state index contributed by atoms with van der Waals surface area (Å²) in [7, 11) is -0.437. The lowest BCUT2D eigenvalue weighted by atomic mass is 10.3. The van der Waals surface area contributed by atoms with Crippen molar-refractivity contribution in [1.29, 1.82) is 0 Å². The van der Waals surface area contributed by atoms with Gasteiger partial charge in [-0.25, -0.2) is 9.78 Å². The lowest BCUT2D eigenvalue weighted by Crippen LogP contribution is -2.18. The molecule has 1 atom stereocenters. The Balaban J connectivity index is 1.74. The first-order valence-corrected chi connectivity index (χ1v) is 9.00. The number of nitrogens with one attached hydrogen (secondary N) is 1. The van der Waals surface area contributed by atoms with Crippen LogP contribution in [0.5, 0.6) is 0 Å². The van der Waals surface area contributed by atoms with Crippen LogP contribution in [0.2, 0.25) is 0 Å². The number of hydrogen-bond donors (Lipinski definition) is 1. The van der Waals surface area contributed by atoms with E-state index in [2.05, 4.69) is 22.2 Å². The zero-order chi connectivity index (χ0) is 16.5.